The van der Waals surface area contributed by atoms with Crippen molar-refractivity contribution in [3.63, 3.8) is 0 Å². The fraction of sp³-hybridized carbons (Fsp3) is 0.429. The molecule has 1 heterocycles. The number of aryl methyl sites for hydroxylation is 1. The maximum atomic E-state index is 10.7. The number of aliphatic carboxylic acids is 1. The van der Waals surface area contributed by atoms with Crippen molar-refractivity contribution in [2.45, 2.75) is 39.7 Å². The van der Waals surface area contributed by atoms with Crippen LogP contribution in [0.25, 0.3) is 11.0 Å². The molecule has 1 aromatic heterocycles. The molecule has 0 amide bonds. The third kappa shape index (κ3) is 2.23. The quantitative estimate of drug-likeness (QED) is 0.902. The normalized spacial score (nSPS) is 11.3. The van der Waals surface area contributed by atoms with Gasteiger partial charge in [-0.25, -0.2) is 4.98 Å². The summed E-state index contributed by atoms with van der Waals surface area (Å²) in [4.78, 5) is 15.3. The Morgan fingerprint density at radius 1 is 1.44 bits per heavy atom. The first-order valence-electron chi connectivity index (χ1n) is 6.24. The highest BCUT2D eigenvalue weighted by atomic mass is 16.4. The van der Waals surface area contributed by atoms with Gasteiger partial charge in [0.25, 0.3) is 0 Å². The topological polar surface area (TPSA) is 55.1 Å². The lowest BCUT2D eigenvalue weighted by atomic mass is 10.1. The molecule has 0 radical (unpaired) electrons. The Balaban J connectivity index is 2.55. The van der Waals surface area contributed by atoms with Gasteiger partial charge in [0.1, 0.15) is 5.82 Å². The number of carbonyl (C=O) groups is 1. The van der Waals surface area contributed by atoms with Crippen LogP contribution in [-0.2, 0) is 17.6 Å². The highest BCUT2D eigenvalue weighted by Crippen LogP contribution is 2.22. The molecule has 1 N–H and O–H groups in total. The zero-order valence-electron chi connectivity index (χ0n) is 11.0. The monoisotopic (exact) mass is 246 g/mol. The van der Waals surface area contributed by atoms with E-state index in [-0.39, 0.29) is 6.42 Å². The van der Waals surface area contributed by atoms with Crippen LogP contribution in [0.4, 0.5) is 0 Å². The largest absolute Gasteiger partial charge is 0.481 e. The third-order valence-corrected chi connectivity index (χ3v) is 3.01. The van der Waals surface area contributed by atoms with Crippen LogP contribution < -0.4 is 0 Å². The van der Waals surface area contributed by atoms with Crippen molar-refractivity contribution in [3.8, 4) is 0 Å². The van der Waals surface area contributed by atoms with Crippen LogP contribution in [-0.4, -0.2) is 20.6 Å². The molecule has 0 aliphatic carbocycles. The number of carboxylic acid groups (broad SMARTS) is 1. The minimum absolute atomic E-state index is 0.0476. The van der Waals surface area contributed by atoms with Crippen molar-refractivity contribution in [2.75, 3.05) is 0 Å². The van der Waals surface area contributed by atoms with Crippen LogP contribution in [0.3, 0.4) is 0 Å². The summed E-state index contributed by atoms with van der Waals surface area (Å²) in [5.74, 6) is 0.237. The van der Waals surface area contributed by atoms with Crippen molar-refractivity contribution in [2.24, 2.45) is 0 Å². The zero-order chi connectivity index (χ0) is 13.3. The van der Waals surface area contributed by atoms with Gasteiger partial charge in [-0.2, -0.15) is 0 Å². The van der Waals surface area contributed by atoms with Crippen molar-refractivity contribution in [1.82, 2.24) is 9.55 Å². The lowest BCUT2D eigenvalue weighted by molar-refractivity contribution is -0.136. The summed E-state index contributed by atoms with van der Waals surface area (Å²) < 4.78 is 2.21. The van der Waals surface area contributed by atoms with Gasteiger partial charge < -0.3 is 9.67 Å². The van der Waals surface area contributed by atoms with Crippen molar-refractivity contribution in [1.29, 1.82) is 0 Å². The van der Waals surface area contributed by atoms with E-state index < -0.39 is 5.97 Å². The van der Waals surface area contributed by atoms with Gasteiger partial charge in [-0.1, -0.05) is 13.0 Å². The smallest absolute Gasteiger partial charge is 0.307 e. The minimum atomic E-state index is -0.812. The summed E-state index contributed by atoms with van der Waals surface area (Å²) in [6.45, 7) is 6.34. The number of benzene rings is 1. The molecule has 0 spiro atoms. The molecule has 18 heavy (non-hydrogen) atoms. The first-order valence-corrected chi connectivity index (χ1v) is 6.24. The molecule has 2 rings (SSSR count). The number of hydrogen-bond donors (Lipinski definition) is 1. The van der Waals surface area contributed by atoms with Gasteiger partial charge in [0, 0.05) is 12.5 Å². The number of rotatable bonds is 4. The fourth-order valence-electron chi connectivity index (χ4n) is 2.30. The van der Waals surface area contributed by atoms with Crippen LogP contribution in [0.15, 0.2) is 18.2 Å². The molecule has 4 heteroatoms. The van der Waals surface area contributed by atoms with Gasteiger partial charge in [-0.3, -0.25) is 4.79 Å². The number of hydrogen-bond acceptors (Lipinski definition) is 2. The summed E-state index contributed by atoms with van der Waals surface area (Å²) in [5, 5.41) is 8.81. The van der Waals surface area contributed by atoms with Crippen molar-refractivity contribution in [3.05, 3.63) is 29.6 Å². The molecule has 96 valence electrons. The maximum Gasteiger partial charge on any atom is 0.307 e. The van der Waals surface area contributed by atoms with Crippen LogP contribution in [0.2, 0.25) is 0 Å². The summed E-state index contributed by atoms with van der Waals surface area (Å²) in [6.07, 6.45) is 0.924. The Labute approximate surface area is 106 Å². The number of fused-ring (bicyclic) bond motifs is 1. The van der Waals surface area contributed by atoms with E-state index in [4.69, 9.17) is 5.11 Å². The highest BCUT2D eigenvalue weighted by Gasteiger charge is 2.12. The molecular weight excluding hydrogens is 228 g/mol. The average Bonchev–Trinajstić information content (AvgIpc) is 2.65. The third-order valence-electron chi connectivity index (χ3n) is 3.01. The van der Waals surface area contributed by atoms with Gasteiger partial charge in [-0.15, -0.1) is 0 Å². The van der Waals surface area contributed by atoms with E-state index in [0.717, 1.165) is 28.8 Å². The molecule has 1 aromatic carbocycles. The summed E-state index contributed by atoms with van der Waals surface area (Å²) in [7, 11) is 0. The maximum absolute atomic E-state index is 10.7. The highest BCUT2D eigenvalue weighted by molar-refractivity contribution is 5.79. The number of aromatic nitrogens is 2. The average molecular weight is 246 g/mol. The molecule has 2 aromatic rings. The fourth-order valence-corrected chi connectivity index (χ4v) is 2.30. The van der Waals surface area contributed by atoms with E-state index in [1.807, 2.05) is 18.2 Å². The Hall–Kier alpha value is -1.84. The number of nitrogens with zero attached hydrogens (tertiary/aromatic N) is 2. The molecule has 4 nitrogen and oxygen atoms in total. The number of imidazole rings is 1. The molecule has 0 aliphatic heterocycles. The summed E-state index contributed by atoms with van der Waals surface area (Å²) in [6, 6.07) is 6.08. The second kappa shape index (κ2) is 4.80. The van der Waals surface area contributed by atoms with Gasteiger partial charge in [0.15, 0.2) is 0 Å². The lowest BCUT2D eigenvalue weighted by Gasteiger charge is -2.11. The molecule has 0 saturated carbocycles. The molecule has 0 aliphatic rings. The SMILES string of the molecule is CCc1nc2cc(CC(=O)O)ccc2n1C(C)C. The van der Waals surface area contributed by atoms with Crippen LogP contribution >= 0.6 is 0 Å². The van der Waals surface area contributed by atoms with Crippen LogP contribution in [0.5, 0.6) is 0 Å². The zero-order valence-corrected chi connectivity index (χ0v) is 11.0. The second-order valence-electron chi connectivity index (χ2n) is 4.74. The van der Waals surface area contributed by atoms with Gasteiger partial charge >= 0.3 is 5.97 Å². The molecule has 0 atom stereocenters. The first kappa shape index (κ1) is 12.6. The molecule has 0 unspecified atom stereocenters. The Kier molecular flexibility index (Phi) is 3.36. The van der Waals surface area contributed by atoms with E-state index in [9.17, 15) is 4.79 Å². The van der Waals surface area contributed by atoms with Gasteiger partial charge in [-0.05, 0) is 31.5 Å². The van der Waals surface area contributed by atoms with E-state index in [1.165, 1.54) is 0 Å². The lowest BCUT2D eigenvalue weighted by Crippen LogP contribution is -2.05. The van der Waals surface area contributed by atoms with E-state index in [1.54, 1.807) is 0 Å². The van der Waals surface area contributed by atoms with E-state index in [0.29, 0.717) is 6.04 Å². The molecule has 0 bridgehead atoms. The molecule has 0 fully saturated rings. The van der Waals surface area contributed by atoms with Crippen LogP contribution in [0.1, 0.15) is 38.2 Å². The summed E-state index contributed by atoms with van der Waals surface area (Å²) in [5.41, 5.74) is 2.77. The van der Waals surface area contributed by atoms with E-state index >= 15 is 0 Å². The molecular formula is C14H18N2O2. The predicted octanol–water partition coefficient (Wildman–Crippen LogP) is 2.81. The van der Waals surface area contributed by atoms with Crippen LogP contribution in [0, 0.1) is 0 Å². The van der Waals surface area contributed by atoms with Gasteiger partial charge in [0.05, 0.1) is 17.5 Å². The Morgan fingerprint density at radius 3 is 2.72 bits per heavy atom. The first-order chi connectivity index (χ1) is 8.52. The van der Waals surface area contributed by atoms with Crippen molar-refractivity contribution >= 4 is 17.0 Å². The van der Waals surface area contributed by atoms with E-state index in [2.05, 4.69) is 30.3 Å². The standard InChI is InChI=1S/C14H18N2O2/c1-4-13-15-11-7-10(8-14(17)18)5-6-12(11)16(13)9(2)3/h5-7,9H,4,8H2,1-3H3,(H,17,18). The Bertz CT molecular complexity index is 585. The summed E-state index contributed by atoms with van der Waals surface area (Å²) >= 11 is 0. The molecule has 0 saturated heterocycles. The number of carboxylic acids is 1. The minimum Gasteiger partial charge on any atom is -0.481 e. The predicted molar refractivity (Wildman–Crippen MR) is 70.8 cm³/mol. The second-order valence-corrected chi connectivity index (χ2v) is 4.74. The Morgan fingerprint density at radius 2 is 2.17 bits per heavy atom. The van der Waals surface area contributed by atoms with Crippen molar-refractivity contribution < 1.29 is 9.90 Å². The van der Waals surface area contributed by atoms with Gasteiger partial charge in [0.2, 0.25) is 0 Å².